The molecule has 0 aliphatic rings. The highest BCUT2D eigenvalue weighted by Crippen LogP contribution is 2.41. The van der Waals surface area contributed by atoms with Gasteiger partial charge in [0.25, 0.3) is 0 Å². The average Bonchev–Trinajstić information content (AvgIpc) is 3.07. The Balaban J connectivity index is 1.87. The van der Waals surface area contributed by atoms with Gasteiger partial charge in [-0.05, 0) is 46.0 Å². The molecule has 0 aliphatic carbocycles. The van der Waals surface area contributed by atoms with Crippen molar-refractivity contribution in [3.63, 3.8) is 0 Å². The molecule has 0 aliphatic heterocycles. The van der Waals surface area contributed by atoms with Crippen LogP contribution in [-0.2, 0) is 5.41 Å². The van der Waals surface area contributed by atoms with Gasteiger partial charge in [-0.25, -0.2) is 4.39 Å². The molecule has 0 bridgehead atoms. The molecule has 2 aromatic heterocycles. The lowest BCUT2D eigenvalue weighted by Gasteiger charge is -2.22. The normalized spacial score (nSPS) is 12.3. The van der Waals surface area contributed by atoms with Crippen LogP contribution in [0.2, 0.25) is 0 Å². The quantitative estimate of drug-likeness (QED) is 0.288. The van der Waals surface area contributed by atoms with Gasteiger partial charge in [-0.3, -0.25) is 4.98 Å². The van der Waals surface area contributed by atoms with E-state index in [4.69, 9.17) is 4.98 Å². The van der Waals surface area contributed by atoms with Crippen LogP contribution in [0.4, 0.5) is 4.39 Å². The van der Waals surface area contributed by atoms with Gasteiger partial charge in [0.05, 0.1) is 15.1 Å². The summed E-state index contributed by atoms with van der Waals surface area (Å²) in [5.74, 6) is -0.168. The Bertz CT molecular complexity index is 1360. The van der Waals surface area contributed by atoms with Crippen molar-refractivity contribution in [2.45, 2.75) is 26.2 Å². The van der Waals surface area contributed by atoms with Crippen molar-refractivity contribution in [3.05, 3.63) is 78.2 Å². The second-order valence-electron chi connectivity index (χ2n) is 8.25. The van der Waals surface area contributed by atoms with Crippen LogP contribution in [-0.4, -0.2) is 4.98 Å². The summed E-state index contributed by atoms with van der Waals surface area (Å²) in [6.45, 7) is 6.71. The highest BCUT2D eigenvalue weighted by Gasteiger charge is 2.20. The van der Waals surface area contributed by atoms with E-state index in [0.717, 1.165) is 26.7 Å². The van der Waals surface area contributed by atoms with E-state index in [-0.39, 0.29) is 11.2 Å². The van der Waals surface area contributed by atoms with Crippen LogP contribution in [0, 0.1) is 5.82 Å². The molecule has 0 unspecified atom stereocenters. The summed E-state index contributed by atoms with van der Waals surface area (Å²) in [5.41, 5.74) is 3.32. The maximum atomic E-state index is 14.4. The first-order valence-electron chi connectivity index (χ1n) is 9.43. The number of nitrogens with zero attached hydrogens (tertiary/aromatic N) is 1. The molecule has 0 saturated heterocycles. The van der Waals surface area contributed by atoms with E-state index in [1.54, 1.807) is 6.07 Å². The fourth-order valence-corrected chi connectivity index (χ4v) is 5.18. The van der Waals surface area contributed by atoms with Crippen molar-refractivity contribution in [2.75, 3.05) is 0 Å². The number of halogens is 1. The SMILES string of the molecule is CC(C)(C)c1cc(-c2nccc3c2sc2c(F)cccc23)cc2ccccc12. The van der Waals surface area contributed by atoms with Crippen molar-refractivity contribution in [1.82, 2.24) is 4.98 Å². The molecule has 1 nitrogen and oxygen atoms in total. The summed E-state index contributed by atoms with van der Waals surface area (Å²) < 4.78 is 16.1. The fourth-order valence-electron chi connectivity index (χ4n) is 3.96. The van der Waals surface area contributed by atoms with Gasteiger partial charge in [0, 0.05) is 22.5 Å². The molecule has 0 spiro atoms. The first kappa shape index (κ1) is 17.3. The van der Waals surface area contributed by atoms with E-state index in [0.29, 0.717) is 4.70 Å². The Morgan fingerprint density at radius 3 is 2.39 bits per heavy atom. The average molecular weight is 386 g/mol. The van der Waals surface area contributed by atoms with Crippen LogP contribution in [0.15, 0.2) is 66.9 Å². The minimum absolute atomic E-state index is 0.00970. The van der Waals surface area contributed by atoms with E-state index in [9.17, 15) is 4.39 Å². The standard InChI is InChI=1S/C25H20FNS/c1-25(2,3)20-14-16(13-15-7-4-5-8-17(15)20)22-24-19(11-12-27-22)18-9-6-10-21(26)23(18)28-24/h4-14H,1-3H3. The topological polar surface area (TPSA) is 12.9 Å². The summed E-state index contributed by atoms with van der Waals surface area (Å²) >= 11 is 1.49. The molecular formula is C25H20FNS. The van der Waals surface area contributed by atoms with Crippen molar-refractivity contribution < 1.29 is 4.39 Å². The maximum Gasteiger partial charge on any atom is 0.141 e. The highest BCUT2D eigenvalue weighted by molar-refractivity contribution is 7.26. The largest absolute Gasteiger partial charge is 0.255 e. The van der Waals surface area contributed by atoms with Crippen LogP contribution < -0.4 is 0 Å². The smallest absolute Gasteiger partial charge is 0.141 e. The first-order valence-corrected chi connectivity index (χ1v) is 10.2. The molecule has 0 amide bonds. The Kier molecular flexibility index (Phi) is 3.78. The molecule has 3 heteroatoms. The molecule has 0 atom stereocenters. The molecule has 5 rings (SSSR count). The van der Waals surface area contributed by atoms with Crippen molar-refractivity contribution >= 4 is 42.3 Å². The second-order valence-corrected chi connectivity index (χ2v) is 9.27. The van der Waals surface area contributed by atoms with Crippen LogP contribution >= 0.6 is 11.3 Å². The number of hydrogen-bond donors (Lipinski definition) is 0. The van der Waals surface area contributed by atoms with E-state index in [1.165, 1.54) is 33.7 Å². The second kappa shape index (κ2) is 6.11. The van der Waals surface area contributed by atoms with Gasteiger partial charge in [0.2, 0.25) is 0 Å². The Morgan fingerprint density at radius 1 is 0.821 bits per heavy atom. The van der Waals surface area contributed by atoms with E-state index in [1.807, 2.05) is 18.3 Å². The molecule has 5 aromatic rings. The molecular weight excluding hydrogens is 365 g/mol. The van der Waals surface area contributed by atoms with Crippen LogP contribution in [0.5, 0.6) is 0 Å². The maximum absolute atomic E-state index is 14.4. The molecule has 0 saturated carbocycles. The summed E-state index contributed by atoms with van der Waals surface area (Å²) in [4.78, 5) is 4.72. The van der Waals surface area contributed by atoms with Crippen molar-refractivity contribution in [1.29, 1.82) is 0 Å². The van der Waals surface area contributed by atoms with Gasteiger partial charge in [-0.15, -0.1) is 11.3 Å². The van der Waals surface area contributed by atoms with Gasteiger partial charge >= 0.3 is 0 Å². The van der Waals surface area contributed by atoms with E-state index < -0.39 is 0 Å². The van der Waals surface area contributed by atoms with Gasteiger partial charge < -0.3 is 0 Å². The van der Waals surface area contributed by atoms with Gasteiger partial charge in [0.15, 0.2) is 0 Å². The summed E-state index contributed by atoms with van der Waals surface area (Å²) in [5, 5.41) is 4.50. The third kappa shape index (κ3) is 2.61. The van der Waals surface area contributed by atoms with Gasteiger partial charge in [-0.1, -0.05) is 57.2 Å². The number of aromatic nitrogens is 1. The van der Waals surface area contributed by atoms with Crippen molar-refractivity contribution in [3.8, 4) is 11.3 Å². The molecule has 0 N–H and O–H groups in total. The van der Waals surface area contributed by atoms with Gasteiger partial charge in [-0.2, -0.15) is 0 Å². The predicted molar refractivity (Wildman–Crippen MR) is 119 cm³/mol. The van der Waals surface area contributed by atoms with E-state index >= 15 is 0 Å². The predicted octanol–water partition coefficient (Wildman–Crippen LogP) is 7.71. The zero-order valence-electron chi connectivity index (χ0n) is 16.1. The Labute approximate surface area is 167 Å². The van der Waals surface area contributed by atoms with Crippen LogP contribution in [0.3, 0.4) is 0 Å². The lowest BCUT2D eigenvalue weighted by atomic mass is 9.82. The number of fused-ring (bicyclic) bond motifs is 4. The number of benzene rings is 3. The molecule has 0 fully saturated rings. The number of thiophene rings is 1. The highest BCUT2D eigenvalue weighted by atomic mass is 32.1. The zero-order chi connectivity index (χ0) is 19.5. The molecule has 138 valence electrons. The van der Waals surface area contributed by atoms with Crippen LogP contribution in [0.1, 0.15) is 26.3 Å². The number of pyridine rings is 1. The molecule has 3 aromatic carbocycles. The Hall–Kier alpha value is -2.78. The zero-order valence-corrected chi connectivity index (χ0v) is 16.9. The first-order chi connectivity index (χ1) is 13.4. The summed E-state index contributed by atoms with van der Waals surface area (Å²) in [7, 11) is 0. The lowest BCUT2D eigenvalue weighted by Crippen LogP contribution is -2.12. The van der Waals surface area contributed by atoms with Gasteiger partial charge in [0.1, 0.15) is 5.82 Å². The van der Waals surface area contributed by atoms with E-state index in [2.05, 4.69) is 57.2 Å². The molecule has 0 radical (unpaired) electrons. The fraction of sp³-hybridized carbons (Fsp3) is 0.160. The minimum Gasteiger partial charge on any atom is -0.255 e. The molecule has 28 heavy (non-hydrogen) atoms. The summed E-state index contributed by atoms with van der Waals surface area (Å²) in [6.07, 6.45) is 1.83. The third-order valence-electron chi connectivity index (χ3n) is 5.31. The third-order valence-corrected chi connectivity index (χ3v) is 6.55. The Morgan fingerprint density at radius 2 is 1.57 bits per heavy atom. The van der Waals surface area contributed by atoms with Crippen LogP contribution in [0.25, 0.3) is 42.2 Å². The minimum atomic E-state index is -0.168. The number of rotatable bonds is 1. The number of hydrogen-bond acceptors (Lipinski definition) is 2. The van der Waals surface area contributed by atoms with Crippen molar-refractivity contribution in [2.24, 2.45) is 0 Å². The monoisotopic (exact) mass is 385 g/mol. The summed E-state index contributed by atoms with van der Waals surface area (Å²) in [6, 6.07) is 20.2. The molecule has 2 heterocycles. The lowest BCUT2D eigenvalue weighted by molar-refractivity contribution is 0.596.